The van der Waals surface area contributed by atoms with Crippen LogP contribution >= 0.6 is 0 Å². The summed E-state index contributed by atoms with van der Waals surface area (Å²) >= 11 is 0. The van der Waals surface area contributed by atoms with Gasteiger partial charge in [-0.25, -0.2) is 13.4 Å². The Morgan fingerprint density at radius 1 is 1.09 bits per heavy atom. The van der Waals surface area contributed by atoms with Gasteiger partial charge in [0.2, 0.25) is 0 Å². The largest absolute Gasteiger partial charge is 0.381 e. The van der Waals surface area contributed by atoms with Crippen molar-refractivity contribution >= 4 is 21.5 Å². The highest BCUT2D eigenvalue weighted by molar-refractivity contribution is 7.92. The number of nitrogens with one attached hydrogen (secondary N) is 2. The molecule has 122 valence electrons. The first-order valence-corrected chi connectivity index (χ1v) is 9.28. The van der Waals surface area contributed by atoms with Crippen LogP contribution in [0.5, 0.6) is 0 Å². The van der Waals surface area contributed by atoms with Crippen LogP contribution in [0.3, 0.4) is 0 Å². The number of nitrogens with zero attached hydrogens (tertiary/aromatic N) is 1. The molecule has 0 radical (unpaired) electrons. The quantitative estimate of drug-likeness (QED) is 0.849. The Bertz CT molecular complexity index is 764. The molecule has 1 aromatic carbocycles. The average Bonchev–Trinajstić information content (AvgIpc) is 3.33. The topological polar surface area (TPSA) is 71.1 Å². The standard InChI is InChI=1S/C17H21N3O2S/c1-12(2)13-3-8-16(9-4-13)23(21,22)20-17-10-7-15(11-18-17)19-14-5-6-14/h3-4,7-12,14,19H,5-6H2,1-2H3,(H,18,20). The first-order chi connectivity index (χ1) is 10.9. The van der Waals surface area contributed by atoms with Crippen molar-refractivity contribution in [1.82, 2.24) is 4.98 Å². The van der Waals surface area contributed by atoms with Crippen LogP contribution in [-0.2, 0) is 10.0 Å². The average molecular weight is 331 g/mol. The minimum Gasteiger partial charge on any atom is -0.381 e. The molecular weight excluding hydrogens is 310 g/mol. The third-order valence-electron chi connectivity index (χ3n) is 3.81. The van der Waals surface area contributed by atoms with Crippen LogP contribution in [0.4, 0.5) is 11.5 Å². The van der Waals surface area contributed by atoms with E-state index in [2.05, 4.69) is 28.9 Å². The van der Waals surface area contributed by atoms with E-state index in [1.54, 1.807) is 24.4 Å². The second-order valence-electron chi connectivity index (χ2n) is 6.18. The molecule has 5 nitrogen and oxygen atoms in total. The summed E-state index contributed by atoms with van der Waals surface area (Å²) in [6.45, 7) is 4.14. The predicted octanol–water partition coefficient (Wildman–Crippen LogP) is 3.58. The van der Waals surface area contributed by atoms with Gasteiger partial charge in [0.25, 0.3) is 10.0 Å². The SMILES string of the molecule is CC(C)c1ccc(S(=O)(=O)Nc2ccc(NC3CC3)cn2)cc1. The van der Waals surface area contributed by atoms with Crippen LogP contribution in [0.1, 0.15) is 38.2 Å². The third kappa shape index (κ3) is 4.01. The molecule has 1 saturated carbocycles. The van der Waals surface area contributed by atoms with Gasteiger partial charge in [0.15, 0.2) is 0 Å². The summed E-state index contributed by atoms with van der Waals surface area (Å²) in [7, 11) is -3.61. The Labute approximate surface area is 137 Å². The first-order valence-electron chi connectivity index (χ1n) is 7.79. The molecule has 6 heteroatoms. The Kier molecular flexibility index (Phi) is 4.26. The summed E-state index contributed by atoms with van der Waals surface area (Å²) in [5, 5.41) is 3.31. The number of pyridine rings is 1. The van der Waals surface area contributed by atoms with Crippen molar-refractivity contribution in [2.24, 2.45) is 0 Å². The van der Waals surface area contributed by atoms with Gasteiger partial charge >= 0.3 is 0 Å². The molecule has 0 aliphatic heterocycles. The minimum absolute atomic E-state index is 0.240. The minimum atomic E-state index is -3.61. The van der Waals surface area contributed by atoms with Gasteiger partial charge in [-0.2, -0.15) is 0 Å². The summed E-state index contributed by atoms with van der Waals surface area (Å²) in [5.41, 5.74) is 2.02. The van der Waals surface area contributed by atoms with Crippen molar-refractivity contribution in [3.05, 3.63) is 48.2 Å². The third-order valence-corrected chi connectivity index (χ3v) is 5.18. The Morgan fingerprint density at radius 2 is 1.78 bits per heavy atom. The molecule has 1 fully saturated rings. The number of rotatable bonds is 6. The molecule has 0 amide bonds. The van der Waals surface area contributed by atoms with Crippen LogP contribution in [0.15, 0.2) is 47.5 Å². The number of sulfonamides is 1. The van der Waals surface area contributed by atoms with Gasteiger partial charge in [-0.3, -0.25) is 4.72 Å². The lowest BCUT2D eigenvalue weighted by atomic mass is 10.0. The van der Waals surface area contributed by atoms with Crippen molar-refractivity contribution in [2.75, 3.05) is 10.0 Å². The predicted molar refractivity (Wildman–Crippen MR) is 92.2 cm³/mol. The van der Waals surface area contributed by atoms with E-state index in [1.165, 1.54) is 12.8 Å². The number of hydrogen-bond donors (Lipinski definition) is 2. The van der Waals surface area contributed by atoms with Crippen molar-refractivity contribution in [3.63, 3.8) is 0 Å². The van der Waals surface area contributed by atoms with Crippen LogP contribution < -0.4 is 10.0 Å². The summed E-state index contributed by atoms with van der Waals surface area (Å²) in [6.07, 6.45) is 4.01. The molecule has 1 heterocycles. The zero-order chi connectivity index (χ0) is 16.4. The second kappa shape index (κ2) is 6.20. The highest BCUT2D eigenvalue weighted by atomic mass is 32.2. The zero-order valence-electron chi connectivity index (χ0n) is 13.3. The fraction of sp³-hybridized carbons (Fsp3) is 0.353. The molecule has 3 rings (SSSR count). The highest BCUT2D eigenvalue weighted by Gasteiger charge is 2.21. The smallest absolute Gasteiger partial charge is 0.263 e. The summed E-state index contributed by atoms with van der Waals surface area (Å²) in [5.74, 6) is 0.687. The van der Waals surface area contributed by atoms with Crippen LogP contribution in [0.2, 0.25) is 0 Å². The van der Waals surface area contributed by atoms with Crippen molar-refractivity contribution in [1.29, 1.82) is 0 Å². The second-order valence-corrected chi connectivity index (χ2v) is 7.86. The van der Waals surface area contributed by atoms with Gasteiger partial charge in [-0.1, -0.05) is 26.0 Å². The lowest BCUT2D eigenvalue weighted by molar-refractivity contribution is 0.601. The fourth-order valence-corrected chi connectivity index (χ4v) is 3.24. The van der Waals surface area contributed by atoms with Crippen molar-refractivity contribution < 1.29 is 8.42 Å². The molecule has 0 bridgehead atoms. The highest BCUT2D eigenvalue weighted by Crippen LogP contribution is 2.25. The van der Waals surface area contributed by atoms with Gasteiger partial charge in [0.1, 0.15) is 5.82 Å². The number of hydrogen-bond acceptors (Lipinski definition) is 4. The normalized spacial score (nSPS) is 14.7. The van der Waals surface area contributed by atoms with Gasteiger partial charge < -0.3 is 5.32 Å². The maximum absolute atomic E-state index is 12.4. The molecule has 1 aromatic heterocycles. The Morgan fingerprint density at radius 3 is 2.30 bits per heavy atom. The van der Waals surface area contributed by atoms with E-state index in [0.717, 1.165) is 11.3 Å². The molecule has 0 atom stereocenters. The fourth-order valence-electron chi connectivity index (χ4n) is 2.23. The molecule has 0 saturated heterocycles. The summed E-state index contributed by atoms with van der Waals surface area (Å²) < 4.78 is 27.3. The summed E-state index contributed by atoms with van der Waals surface area (Å²) in [4.78, 5) is 4.40. The van der Waals surface area contributed by atoms with Gasteiger partial charge in [0, 0.05) is 6.04 Å². The maximum Gasteiger partial charge on any atom is 0.263 e. The lowest BCUT2D eigenvalue weighted by Crippen LogP contribution is -2.14. The molecule has 2 N–H and O–H groups in total. The number of anilines is 2. The molecule has 1 aliphatic carbocycles. The van der Waals surface area contributed by atoms with E-state index in [1.807, 2.05) is 18.2 Å². The van der Waals surface area contributed by atoms with Crippen molar-refractivity contribution in [3.8, 4) is 0 Å². The van der Waals surface area contributed by atoms with Crippen LogP contribution in [0.25, 0.3) is 0 Å². The van der Waals surface area contributed by atoms with E-state index in [-0.39, 0.29) is 4.90 Å². The van der Waals surface area contributed by atoms with E-state index in [0.29, 0.717) is 17.8 Å². The Balaban J connectivity index is 1.71. The van der Waals surface area contributed by atoms with Crippen molar-refractivity contribution in [2.45, 2.75) is 43.5 Å². The van der Waals surface area contributed by atoms with E-state index in [4.69, 9.17) is 0 Å². The van der Waals surface area contributed by atoms with Crippen LogP contribution in [0, 0.1) is 0 Å². The van der Waals surface area contributed by atoms with Gasteiger partial charge in [0.05, 0.1) is 16.8 Å². The molecule has 0 spiro atoms. The molecule has 23 heavy (non-hydrogen) atoms. The van der Waals surface area contributed by atoms with Gasteiger partial charge in [-0.15, -0.1) is 0 Å². The van der Waals surface area contributed by atoms with Crippen LogP contribution in [-0.4, -0.2) is 19.4 Å². The molecule has 1 aliphatic rings. The van der Waals surface area contributed by atoms with E-state index < -0.39 is 10.0 Å². The molecular formula is C17H21N3O2S. The number of aromatic nitrogens is 1. The maximum atomic E-state index is 12.4. The Hall–Kier alpha value is -2.08. The van der Waals surface area contributed by atoms with Gasteiger partial charge in [-0.05, 0) is 48.6 Å². The lowest BCUT2D eigenvalue weighted by Gasteiger charge is -2.10. The first kappa shape index (κ1) is 15.8. The summed E-state index contributed by atoms with van der Waals surface area (Å²) in [6, 6.07) is 11.0. The van der Waals surface area contributed by atoms with E-state index in [9.17, 15) is 8.42 Å². The number of benzene rings is 1. The molecule has 0 unspecified atom stereocenters. The zero-order valence-corrected chi connectivity index (χ0v) is 14.1. The van der Waals surface area contributed by atoms with E-state index >= 15 is 0 Å². The molecule has 2 aromatic rings. The monoisotopic (exact) mass is 331 g/mol.